The molecular weight excluding hydrogens is 341 g/mol. The third-order valence-corrected chi connectivity index (χ3v) is 3.58. The predicted molar refractivity (Wildman–Crippen MR) is 70.8 cm³/mol. The van der Waals surface area contributed by atoms with Gasteiger partial charge >= 0.3 is 5.00 Å². The van der Waals surface area contributed by atoms with Gasteiger partial charge in [-0.3, -0.25) is 20.2 Å². The van der Waals surface area contributed by atoms with Crippen molar-refractivity contribution in [1.82, 2.24) is 4.98 Å². The third kappa shape index (κ3) is 3.12. The number of halogens is 2. The van der Waals surface area contributed by atoms with Crippen LogP contribution < -0.4 is 5.32 Å². The topological polar surface area (TPSA) is 85.1 Å². The highest BCUT2D eigenvalue weighted by Crippen LogP contribution is 2.25. The zero-order chi connectivity index (χ0) is 14.0. The summed E-state index contributed by atoms with van der Waals surface area (Å²) >= 11 is 3.70. The standard InChI is InChI=1S/C10H5BrFN3O3S/c11-6-2-1-5(3-7(6)12)9(16)14-10-13-4-8(19-10)15(17)18/h1-4H,(H,13,14,16). The van der Waals surface area contributed by atoms with Crippen LogP contribution in [0.5, 0.6) is 0 Å². The lowest BCUT2D eigenvalue weighted by Gasteiger charge is -2.02. The van der Waals surface area contributed by atoms with E-state index in [1.165, 1.54) is 12.1 Å². The molecule has 2 rings (SSSR count). The van der Waals surface area contributed by atoms with E-state index in [-0.39, 0.29) is 20.2 Å². The lowest BCUT2D eigenvalue weighted by molar-refractivity contribution is -0.380. The molecule has 1 amide bonds. The maximum Gasteiger partial charge on any atom is 0.345 e. The maximum atomic E-state index is 13.3. The summed E-state index contributed by atoms with van der Waals surface area (Å²) in [7, 11) is 0. The lowest BCUT2D eigenvalue weighted by Crippen LogP contribution is -2.11. The second-order valence-corrected chi connectivity index (χ2v) is 5.21. The molecule has 98 valence electrons. The molecule has 9 heteroatoms. The minimum atomic E-state index is -0.605. The van der Waals surface area contributed by atoms with E-state index in [1.807, 2.05) is 0 Å². The molecule has 1 aromatic carbocycles. The van der Waals surface area contributed by atoms with Gasteiger partial charge in [-0.05, 0) is 45.5 Å². The van der Waals surface area contributed by atoms with E-state index in [1.54, 1.807) is 0 Å². The number of nitro groups is 1. The monoisotopic (exact) mass is 345 g/mol. The van der Waals surface area contributed by atoms with E-state index < -0.39 is 16.6 Å². The van der Waals surface area contributed by atoms with Gasteiger partial charge in [-0.25, -0.2) is 9.37 Å². The predicted octanol–water partition coefficient (Wildman–Crippen LogP) is 3.21. The first-order valence-electron chi connectivity index (χ1n) is 4.84. The number of thiazole rings is 1. The normalized spacial score (nSPS) is 10.2. The molecule has 1 heterocycles. The van der Waals surface area contributed by atoms with Gasteiger partial charge in [0.25, 0.3) is 5.91 Å². The number of rotatable bonds is 3. The van der Waals surface area contributed by atoms with Crippen molar-refractivity contribution in [3.63, 3.8) is 0 Å². The highest BCUT2D eigenvalue weighted by atomic mass is 79.9. The molecule has 0 aliphatic rings. The van der Waals surface area contributed by atoms with Crippen LogP contribution >= 0.6 is 27.3 Å². The molecule has 0 unspecified atom stereocenters. The molecule has 0 radical (unpaired) electrons. The number of amides is 1. The Hall–Kier alpha value is -1.87. The number of nitrogens with one attached hydrogen (secondary N) is 1. The maximum absolute atomic E-state index is 13.3. The van der Waals surface area contributed by atoms with Gasteiger partial charge in [0.1, 0.15) is 12.0 Å². The molecule has 0 aliphatic heterocycles. The summed E-state index contributed by atoms with van der Waals surface area (Å²) in [6.45, 7) is 0. The van der Waals surface area contributed by atoms with Crippen LogP contribution in [-0.4, -0.2) is 15.8 Å². The second kappa shape index (κ2) is 5.41. The molecule has 0 spiro atoms. The Morgan fingerprint density at radius 1 is 1.53 bits per heavy atom. The van der Waals surface area contributed by atoms with Gasteiger partial charge in [0.15, 0.2) is 5.13 Å². The van der Waals surface area contributed by atoms with Crippen LogP contribution in [0.4, 0.5) is 14.5 Å². The molecule has 1 aromatic heterocycles. The van der Waals surface area contributed by atoms with Crippen LogP contribution in [0.15, 0.2) is 28.9 Å². The van der Waals surface area contributed by atoms with Crippen LogP contribution in [0.2, 0.25) is 0 Å². The summed E-state index contributed by atoms with van der Waals surface area (Å²) in [6, 6.07) is 3.88. The minimum absolute atomic E-state index is 0.0834. The van der Waals surface area contributed by atoms with Crippen molar-refractivity contribution < 1.29 is 14.1 Å². The van der Waals surface area contributed by atoms with Crippen molar-refractivity contribution in [3.05, 3.63) is 50.4 Å². The van der Waals surface area contributed by atoms with Gasteiger partial charge in [-0.15, -0.1) is 0 Å². The Morgan fingerprint density at radius 2 is 2.26 bits per heavy atom. The lowest BCUT2D eigenvalue weighted by atomic mass is 10.2. The van der Waals surface area contributed by atoms with Crippen LogP contribution in [0.25, 0.3) is 0 Å². The van der Waals surface area contributed by atoms with Crippen LogP contribution in [0.1, 0.15) is 10.4 Å². The first kappa shape index (κ1) is 13.6. The molecule has 0 aliphatic carbocycles. The molecule has 0 atom stereocenters. The molecule has 1 N–H and O–H groups in total. The molecule has 2 aromatic rings. The Labute approximate surface area is 118 Å². The van der Waals surface area contributed by atoms with Crippen molar-refractivity contribution in [2.24, 2.45) is 0 Å². The number of hydrogen-bond acceptors (Lipinski definition) is 5. The summed E-state index contributed by atoms with van der Waals surface area (Å²) < 4.78 is 13.5. The van der Waals surface area contributed by atoms with Crippen molar-refractivity contribution in [2.75, 3.05) is 5.32 Å². The molecule has 0 saturated carbocycles. The number of carbonyl (C=O) groups excluding carboxylic acids is 1. The number of aromatic nitrogens is 1. The molecular formula is C10H5BrFN3O3S. The van der Waals surface area contributed by atoms with Crippen molar-refractivity contribution >= 4 is 43.3 Å². The first-order valence-corrected chi connectivity index (χ1v) is 6.45. The molecule has 6 nitrogen and oxygen atoms in total. The highest BCUT2D eigenvalue weighted by molar-refractivity contribution is 9.10. The summed E-state index contributed by atoms with van der Waals surface area (Å²) in [4.78, 5) is 25.3. The third-order valence-electron chi connectivity index (χ3n) is 2.08. The van der Waals surface area contributed by atoms with Gasteiger partial charge in [0.05, 0.1) is 9.40 Å². The number of anilines is 1. The molecule has 0 saturated heterocycles. The van der Waals surface area contributed by atoms with Crippen LogP contribution in [-0.2, 0) is 0 Å². The Morgan fingerprint density at radius 3 is 2.84 bits per heavy atom. The fraction of sp³-hybridized carbons (Fsp3) is 0. The Balaban J connectivity index is 2.15. The number of carbonyl (C=O) groups is 1. The van der Waals surface area contributed by atoms with Gasteiger partial charge in [0.2, 0.25) is 0 Å². The van der Waals surface area contributed by atoms with Crippen molar-refractivity contribution in [2.45, 2.75) is 0 Å². The average Bonchev–Trinajstić information content (AvgIpc) is 2.81. The average molecular weight is 346 g/mol. The van der Waals surface area contributed by atoms with Crippen LogP contribution in [0, 0.1) is 15.9 Å². The van der Waals surface area contributed by atoms with Crippen molar-refractivity contribution in [1.29, 1.82) is 0 Å². The fourth-order valence-electron chi connectivity index (χ4n) is 1.21. The smallest absolute Gasteiger partial charge is 0.298 e. The largest absolute Gasteiger partial charge is 0.345 e. The molecule has 0 fully saturated rings. The summed E-state index contributed by atoms with van der Waals surface area (Å²) in [5, 5.41) is 12.7. The Bertz CT molecular complexity index is 661. The number of nitrogens with zero attached hydrogens (tertiary/aromatic N) is 2. The van der Waals surface area contributed by atoms with Gasteiger partial charge in [0, 0.05) is 5.56 Å². The molecule has 19 heavy (non-hydrogen) atoms. The summed E-state index contributed by atoms with van der Waals surface area (Å²) in [6.07, 6.45) is 1.04. The zero-order valence-corrected chi connectivity index (χ0v) is 11.5. The van der Waals surface area contributed by atoms with E-state index in [0.29, 0.717) is 0 Å². The van der Waals surface area contributed by atoms with E-state index in [4.69, 9.17) is 0 Å². The van der Waals surface area contributed by atoms with Gasteiger partial charge < -0.3 is 0 Å². The zero-order valence-electron chi connectivity index (χ0n) is 9.09. The minimum Gasteiger partial charge on any atom is -0.298 e. The van der Waals surface area contributed by atoms with E-state index >= 15 is 0 Å². The van der Waals surface area contributed by atoms with Gasteiger partial charge in [-0.1, -0.05) is 0 Å². The van der Waals surface area contributed by atoms with E-state index in [9.17, 15) is 19.3 Å². The van der Waals surface area contributed by atoms with Gasteiger partial charge in [-0.2, -0.15) is 0 Å². The Kier molecular flexibility index (Phi) is 3.86. The highest BCUT2D eigenvalue weighted by Gasteiger charge is 2.15. The summed E-state index contributed by atoms with van der Waals surface area (Å²) in [5.41, 5.74) is 0.0959. The fourth-order valence-corrected chi connectivity index (χ4v) is 2.09. The number of benzene rings is 1. The summed E-state index contributed by atoms with van der Waals surface area (Å²) in [5.74, 6) is -1.16. The first-order chi connectivity index (χ1) is 8.97. The SMILES string of the molecule is O=C(Nc1ncc([N+](=O)[O-])s1)c1ccc(Br)c(F)c1. The second-order valence-electron chi connectivity index (χ2n) is 3.34. The quantitative estimate of drug-likeness (QED) is 0.683. The van der Waals surface area contributed by atoms with Crippen LogP contribution in [0.3, 0.4) is 0 Å². The number of hydrogen-bond donors (Lipinski definition) is 1. The molecule has 0 bridgehead atoms. The van der Waals surface area contributed by atoms with E-state index in [2.05, 4.69) is 26.2 Å². The van der Waals surface area contributed by atoms with Crippen molar-refractivity contribution in [3.8, 4) is 0 Å². The van der Waals surface area contributed by atoms with E-state index in [0.717, 1.165) is 23.6 Å².